The van der Waals surface area contributed by atoms with Crippen LogP contribution in [0.15, 0.2) is 91.3 Å². The Bertz CT molecular complexity index is 1630. The van der Waals surface area contributed by atoms with E-state index in [1.54, 1.807) is 47.6 Å². The first kappa shape index (κ1) is 32.7. The van der Waals surface area contributed by atoms with Gasteiger partial charge in [0.25, 0.3) is 5.91 Å². The molecule has 2 amide bonds. The lowest BCUT2D eigenvalue weighted by molar-refractivity contribution is -0.115. The standard InChI is InChI=1S/C37H42N4O5/c1-25-8-5-6-11-33(25)45-30-14-12-29(13-15-30)22-40(4)23-34-26(2)21-41(27(3)24-42)37(44)31-9-7-10-32(36(31)46-34)39-35(43)20-28-16-18-38-19-17-28/h5-19,26-27,34,42H,20-24H2,1-4H3,(H,39,43)/t26-,27+,34-/m1/s1. The van der Waals surface area contributed by atoms with Gasteiger partial charge in [-0.2, -0.15) is 0 Å². The van der Waals surface area contributed by atoms with Crippen LogP contribution in [-0.4, -0.2) is 70.6 Å². The number of hydrogen-bond acceptors (Lipinski definition) is 7. The minimum Gasteiger partial charge on any atom is -0.486 e. The maximum Gasteiger partial charge on any atom is 0.258 e. The summed E-state index contributed by atoms with van der Waals surface area (Å²) in [6, 6.07) is 24.4. The number of pyridine rings is 1. The van der Waals surface area contributed by atoms with Crippen LogP contribution in [0.2, 0.25) is 0 Å². The van der Waals surface area contributed by atoms with E-state index in [0.29, 0.717) is 36.6 Å². The predicted octanol–water partition coefficient (Wildman–Crippen LogP) is 5.72. The van der Waals surface area contributed by atoms with Gasteiger partial charge in [0.2, 0.25) is 5.91 Å². The first-order chi connectivity index (χ1) is 22.2. The van der Waals surface area contributed by atoms with Gasteiger partial charge < -0.3 is 24.8 Å². The highest BCUT2D eigenvalue weighted by Crippen LogP contribution is 2.35. The van der Waals surface area contributed by atoms with Gasteiger partial charge in [-0.25, -0.2) is 0 Å². The molecular formula is C37H42N4O5. The highest BCUT2D eigenvalue weighted by molar-refractivity contribution is 6.02. The van der Waals surface area contributed by atoms with Crippen molar-refractivity contribution in [1.29, 1.82) is 0 Å². The lowest BCUT2D eigenvalue weighted by Gasteiger charge is -2.38. The first-order valence-corrected chi connectivity index (χ1v) is 15.6. The topological polar surface area (TPSA) is 104 Å². The number of likely N-dealkylation sites (N-methyl/N-ethyl adjacent to an activating group) is 1. The molecule has 0 saturated heterocycles. The summed E-state index contributed by atoms with van der Waals surface area (Å²) < 4.78 is 12.7. The molecule has 0 radical (unpaired) electrons. The average molecular weight is 623 g/mol. The Hall–Kier alpha value is -4.73. The predicted molar refractivity (Wildman–Crippen MR) is 178 cm³/mol. The Balaban J connectivity index is 1.34. The van der Waals surface area contributed by atoms with Crippen molar-refractivity contribution in [2.75, 3.05) is 32.1 Å². The van der Waals surface area contributed by atoms with Gasteiger partial charge in [0.15, 0.2) is 5.75 Å². The fourth-order valence-corrected chi connectivity index (χ4v) is 5.58. The number of anilines is 1. The number of para-hydroxylation sites is 2. The van der Waals surface area contributed by atoms with E-state index >= 15 is 0 Å². The molecule has 2 N–H and O–H groups in total. The molecule has 4 aromatic rings. The Morgan fingerprint density at radius 1 is 1.07 bits per heavy atom. The third-order valence-electron chi connectivity index (χ3n) is 8.27. The summed E-state index contributed by atoms with van der Waals surface area (Å²) in [5.41, 5.74) is 3.81. The molecule has 0 saturated carbocycles. The van der Waals surface area contributed by atoms with Gasteiger partial charge in [0, 0.05) is 37.9 Å². The highest BCUT2D eigenvalue weighted by atomic mass is 16.5. The van der Waals surface area contributed by atoms with Crippen LogP contribution in [0.25, 0.3) is 0 Å². The van der Waals surface area contributed by atoms with Crippen molar-refractivity contribution in [1.82, 2.24) is 14.8 Å². The molecule has 0 unspecified atom stereocenters. The zero-order valence-electron chi connectivity index (χ0n) is 26.8. The Labute approximate surface area is 270 Å². The van der Waals surface area contributed by atoms with Gasteiger partial charge in [-0.15, -0.1) is 0 Å². The zero-order chi connectivity index (χ0) is 32.6. The Kier molecular flexibility index (Phi) is 10.7. The molecule has 9 heteroatoms. The molecule has 2 heterocycles. The van der Waals surface area contributed by atoms with Gasteiger partial charge in [0.1, 0.15) is 17.6 Å². The number of ether oxygens (including phenoxy) is 2. The molecule has 3 atom stereocenters. The molecule has 5 rings (SSSR count). The van der Waals surface area contributed by atoms with Gasteiger partial charge in [-0.3, -0.25) is 19.5 Å². The normalized spacial score (nSPS) is 17.0. The number of carbonyl (C=O) groups excluding carboxylic acids is 2. The Morgan fingerprint density at radius 3 is 2.52 bits per heavy atom. The molecule has 0 aliphatic carbocycles. The van der Waals surface area contributed by atoms with Crippen molar-refractivity contribution in [2.24, 2.45) is 5.92 Å². The zero-order valence-corrected chi connectivity index (χ0v) is 26.8. The van der Waals surface area contributed by atoms with E-state index in [9.17, 15) is 14.7 Å². The summed E-state index contributed by atoms with van der Waals surface area (Å²) in [4.78, 5) is 34.8. The van der Waals surface area contributed by atoms with Gasteiger partial charge >= 0.3 is 0 Å². The maximum absolute atomic E-state index is 13.8. The summed E-state index contributed by atoms with van der Waals surface area (Å²) in [6.07, 6.45) is 3.14. The lowest BCUT2D eigenvalue weighted by Crippen LogP contribution is -2.49. The number of aliphatic hydroxyl groups excluding tert-OH is 1. The largest absolute Gasteiger partial charge is 0.486 e. The Morgan fingerprint density at radius 2 is 1.80 bits per heavy atom. The molecule has 240 valence electrons. The second-order valence-electron chi connectivity index (χ2n) is 12.1. The minimum atomic E-state index is -0.385. The monoisotopic (exact) mass is 622 g/mol. The summed E-state index contributed by atoms with van der Waals surface area (Å²) in [5, 5.41) is 13.0. The van der Waals surface area contributed by atoms with E-state index in [-0.39, 0.29) is 42.9 Å². The van der Waals surface area contributed by atoms with E-state index < -0.39 is 0 Å². The molecule has 0 spiro atoms. The number of nitrogens with zero attached hydrogens (tertiary/aromatic N) is 3. The van der Waals surface area contributed by atoms with Crippen molar-refractivity contribution < 1.29 is 24.2 Å². The second kappa shape index (κ2) is 15.0. The number of aromatic nitrogens is 1. The van der Waals surface area contributed by atoms with E-state index in [2.05, 4.69) is 34.3 Å². The smallest absolute Gasteiger partial charge is 0.258 e. The van der Waals surface area contributed by atoms with Crippen LogP contribution in [0.1, 0.15) is 40.9 Å². The molecule has 1 aromatic heterocycles. The number of hydrogen-bond donors (Lipinski definition) is 2. The number of nitrogens with one attached hydrogen (secondary N) is 1. The number of aliphatic hydroxyl groups is 1. The van der Waals surface area contributed by atoms with Crippen LogP contribution in [0, 0.1) is 12.8 Å². The number of benzene rings is 3. The number of aryl methyl sites for hydroxylation is 1. The van der Waals surface area contributed by atoms with Crippen LogP contribution >= 0.6 is 0 Å². The summed E-state index contributed by atoms with van der Waals surface area (Å²) in [7, 11) is 2.04. The van der Waals surface area contributed by atoms with Crippen molar-refractivity contribution in [3.05, 3.63) is 114 Å². The van der Waals surface area contributed by atoms with Crippen LogP contribution in [0.3, 0.4) is 0 Å². The number of rotatable bonds is 11. The van der Waals surface area contributed by atoms with Crippen molar-refractivity contribution in [3.63, 3.8) is 0 Å². The molecule has 1 aliphatic heterocycles. The van der Waals surface area contributed by atoms with Crippen molar-refractivity contribution >= 4 is 17.5 Å². The van der Waals surface area contributed by atoms with Gasteiger partial charge in [0.05, 0.1) is 30.3 Å². The fraction of sp³-hybridized carbons (Fsp3) is 0.324. The van der Waals surface area contributed by atoms with E-state index in [1.165, 1.54) is 0 Å². The van der Waals surface area contributed by atoms with E-state index in [4.69, 9.17) is 9.47 Å². The lowest BCUT2D eigenvalue weighted by atomic mass is 9.98. The average Bonchev–Trinajstić information content (AvgIpc) is 3.05. The molecule has 0 bridgehead atoms. The van der Waals surface area contributed by atoms with Crippen molar-refractivity contribution in [2.45, 2.75) is 45.9 Å². The van der Waals surface area contributed by atoms with Crippen LogP contribution in [-0.2, 0) is 17.8 Å². The first-order valence-electron chi connectivity index (χ1n) is 15.6. The molecule has 3 aromatic carbocycles. The van der Waals surface area contributed by atoms with Crippen LogP contribution in [0.4, 0.5) is 5.69 Å². The molecule has 9 nitrogen and oxygen atoms in total. The van der Waals surface area contributed by atoms with Crippen LogP contribution < -0.4 is 14.8 Å². The molecular weight excluding hydrogens is 580 g/mol. The second-order valence-corrected chi connectivity index (χ2v) is 12.1. The van der Waals surface area contributed by atoms with Gasteiger partial charge in [-0.05, 0) is 80.1 Å². The fourth-order valence-electron chi connectivity index (χ4n) is 5.58. The van der Waals surface area contributed by atoms with Gasteiger partial charge in [-0.1, -0.05) is 43.3 Å². The quantitative estimate of drug-likeness (QED) is 0.221. The highest BCUT2D eigenvalue weighted by Gasteiger charge is 2.34. The number of carbonyl (C=O) groups is 2. The molecule has 1 aliphatic rings. The van der Waals surface area contributed by atoms with Crippen LogP contribution in [0.5, 0.6) is 17.2 Å². The summed E-state index contributed by atoms with van der Waals surface area (Å²) in [5.74, 6) is 1.41. The maximum atomic E-state index is 13.8. The third kappa shape index (κ3) is 8.10. The molecule has 46 heavy (non-hydrogen) atoms. The van der Waals surface area contributed by atoms with E-state index in [1.807, 2.05) is 57.3 Å². The number of fused-ring (bicyclic) bond motifs is 1. The molecule has 0 fully saturated rings. The number of amides is 2. The van der Waals surface area contributed by atoms with E-state index in [0.717, 1.165) is 28.2 Å². The third-order valence-corrected chi connectivity index (χ3v) is 8.27. The SMILES string of the molecule is Cc1ccccc1Oc1ccc(CN(C)C[C@H]2Oc3c(NC(=O)Cc4ccncc4)cccc3C(=O)N([C@@H](C)CO)C[C@H]2C)cc1. The summed E-state index contributed by atoms with van der Waals surface area (Å²) >= 11 is 0. The van der Waals surface area contributed by atoms with Crippen molar-refractivity contribution in [3.8, 4) is 17.2 Å². The minimum absolute atomic E-state index is 0.0704. The summed E-state index contributed by atoms with van der Waals surface area (Å²) in [6.45, 7) is 7.40.